The second-order valence-corrected chi connectivity index (χ2v) is 8.05. The molecule has 6 heteroatoms. The van der Waals surface area contributed by atoms with Gasteiger partial charge in [0.15, 0.2) is 0 Å². The van der Waals surface area contributed by atoms with Gasteiger partial charge < -0.3 is 4.74 Å². The summed E-state index contributed by atoms with van der Waals surface area (Å²) in [6.45, 7) is 4.19. The van der Waals surface area contributed by atoms with Crippen molar-refractivity contribution in [2.75, 3.05) is 0 Å². The smallest absolute Gasteiger partial charge is 0.231 e. The molecule has 0 fully saturated rings. The summed E-state index contributed by atoms with van der Waals surface area (Å²) >= 11 is 3.40. The molecule has 4 rings (SSSR count). The summed E-state index contributed by atoms with van der Waals surface area (Å²) in [5, 5.41) is 0.991. The van der Waals surface area contributed by atoms with Gasteiger partial charge in [0.05, 0.1) is 17.3 Å². The minimum Gasteiger partial charge on any atom is -0.437 e. The third kappa shape index (κ3) is 3.57. The van der Waals surface area contributed by atoms with E-state index in [0.717, 1.165) is 16.0 Å². The summed E-state index contributed by atoms with van der Waals surface area (Å²) < 4.78 is 6.06. The van der Waals surface area contributed by atoms with Crippen LogP contribution in [0.5, 0.6) is 11.6 Å². The van der Waals surface area contributed by atoms with Gasteiger partial charge in [0.1, 0.15) is 16.4 Å². The lowest BCUT2D eigenvalue weighted by atomic mass is 10.2. The molecule has 0 saturated carbocycles. The molecule has 3 aromatic heterocycles. The predicted octanol–water partition coefficient (Wildman–Crippen LogP) is 5.79. The largest absolute Gasteiger partial charge is 0.437 e. The number of hydrogen-bond acceptors (Lipinski definition) is 6. The molecular weight excluding hydrogens is 362 g/mol. The zero-order valence-electron chi connectivity index (χ0n) is 14.5. The Labute approximate surface area is 160 Å². The number of thiophene rings is 1. The molecule has 0 spiro atoms. The predicted molar refractivity (Wildman–Crippen MR) is 107 cm³/mol. The van der Waals surface area contributed by atoms with Crippen molar-refractivity contribution in [2.45, 2.75) is 24.5 Å². The first-order chi connectivity index (χ1) is 12.7. The van der Waals surface area contributed by atoms with Crippen LogP contribution in [0, 0.1) is 13.8 Å². The molecule has 4 nitrogen and oxygen atoms in total. The quantitative estimate of drug-likeness (QED) is 0.411. The Morgan fingerprint density at radius 2 is 1.88 bits per heavy atom. The van der Waals surface area contributed by atoms with Crippen molar-refractivity contribution in [1.29, 1.82) is 0 Å². The van der Waals surface area contributed by atoms with Gasteiger partial charge in [0.2, 0.25) is 5.88 Å². The zero-order valence-corrected chi connectivity index (χ0v) is 16.1. The first-order valence-corrected chi connectivity index (χ1v) is 10.0. The molecule has 0 aliphatic heterocycles. The average Bonchev–Trinajstić information content (AvgIpc) is 2.96. The topological polar surface area (TPSA) is 47.9 Å². The van der Waals surface area contributed by atoms with Crippen LogP contribution in [0.2, 0.25) is 0 Å². The van der Waals surface area contributed by atoms with E-state index in [9.17, 15) is 0 Å². The Kier molecular flexibility index (Phi) is 4.86. The molecular formula is C20H17N3OS2. The third-order valence-electron chi connectivity index (χ3n) is 4.00. The number of fused-ring (bicyclic) bond motifs is 1. The SMILES string of the molecule is Cc1sc2nc(CSc3ccccc3)nc(Oc3cccnc3)c2c1C. The first-order valence-electron chi connectivity index (χ1n) is 8.23. The van der Waals surface area contributed by atoms with Crippen LogP contribution < -0.4 is 4.74 Å². The molecule has 3 heterocycles. The lowest BCUT2D eigenvalue weighted by Gasteiger charge is -2.08. The molecule has 0 unspecified atom stereocenters. The van der Waals surface area contributed by atoms with Crippen LogP contribution in [-0.4, -0.2) is 15.0 Å². The molecule has 0 aliphatic rings. The fourth-order valence-electron chi connectivity index (χ4n) is 2.58. The summed E-state index contributed by atoms with van der Waals surface area (Å²) in [6, 6.07) is 14.0. The molecule has 0 saturated heterocycles. The monoisotopic (exact) mass is 379 g/mol. The fourth-order valence-corrected chi connectivity index (χ4v) is 4.39. The van der Waals surface area contributed by atoms with Crippen molar-refractivity contribution >= 4 is 33.3 Å². The molecule has 26 heavy (non-hydrogen) atoms. The number of pyridine rings is 1. The van der Waals surface area contributed by atoms with E-state index in [2.05, 4.69) is 31.0 Å². The van der Waals surface area contributed by atoms with Crippen LogP contribution in [0.4, 0.5) is 0 Å². The van der Waals surface area contributed by atoms with Gasteiger partial charge in [-0.25, -0.2) is 4.98 Å². The van der Waals surface area contributed by atoms with Gasteiger partial charge in [0.25, 0.3) is 0 Å². The average molecular weight is 380 g/mol. The van der Waals surface area contributed by atoms with Gasteiger partial charge in [0, 0.05) is 16.0 Å². The standard InChI is InChI=1S/C20H17N3OS2/c1-13-14(2)26-20-18(13)19(24-15-7-6-10-21-11-15)22-17(23-20)12-25-16-8-4-3-5-9-16/h3-11H,12H2,1-2H3. The van der Waals surface area contributed by atoms with Crippen molar-refractivity contribution in [3.05, 3.63) is 71.1 Å². The highest BCUT2D eigenvalue weighted by molar-refractivity contribution is 7.98. The van der Waals surface area contributed by atoms with Crippen LogP contribution >= 0.6 is 23.1 Å². The maximum Gasteiger partial charge on any atom is 0.231 e. The number of aromatic nitrogens is 3. The Hall–Kier alpha value is -2.44. The number of thioether (sulfide) groups is 1. The van der Waals surface area contributed by atoms with Crippen LogP contribution in [-0.2, 0) is 5.75 Å². The van der Waals surface area contributed by atoms with Crippen molar-refractivity contribution in [1.82, 2.24) is 15.0 Å². The second-order valence-electron chi connectivity index (χ2n) is 5.80. The third-order valence-corrected chi connectivity index (χ3v) is 6.11. The van der Waals surface area contributed by atoms with Crippen LogP contribution in [0.3, 0.4) is 0 Å². The number of benzene rings is 1. The van der Waals surface area contributed by atoms with E-state index in [0.29, 0.717) is 17.4 Å². The highest BCUT2D eigenvalue weighted by Crippen LogP contribution is 2.37. The number of aryl methyl sites for hydroxylation is 2. The maximum absolute atomic E-state index is 6.06. The number of ether oxygens (including phenoxy) is 1. The van der Waals surface area contributed by atoms with E-state index in [1.807, 2.05) is 30.3 Å². The number of rotatable bonds is 5. The molecule has 0 N–H and O–H groups in total. The fraction of sp³-hybridized carbons (Fsp3) is 0.150. The van der Waals surface area contributed by atoms with Gasteiger partial charge in [-0.3, -0.25) is 4.98 Å². The molecule has 0 aliphatic carbocycles. The molecule has 4 aromatic rings. The van der Waals surface area contributed by atoms with Crippen molar-refractivity contribution in [2.24, 2.45) is 0 Å². The summed E-state index contributed by atoms with van der Waals surface area (Å²) in [4.78, 5) is 17.0. The van der Waals surface area contributed by atoms with Gasteiger partial charge in [-0.05, 0) is 43.7 Å². The molecule has 0 amide bonds. The van der Waals surface area contributed by atoms with Crippen molar-refractivity contribution in [3.63, 3.8) is 0 Å². The minimum atomic E-state index is 0.605. The van der Waals surface area contributed by atoms with Gasteiger partial charge in [-0.1, -0.05) is 18.2 Å². The molecule has 130 valence electrons. The number of nitrogens with zero attached hydrogens (tertiary/aromatic N) is 3. The van der Waals surface area contributed by atoms with E-state index >= 15 is 0 Å². The number of hydrogen-bond donors (Lipinski definition) is 0. The van der Waals surface area contributed by atoms with Gasteiger partial charge in [-0.15, -0.1) is 23.1 Å². The van der Waals surface area contributed by atoms with E-state index in [4.69, 9.17) is 14.7 Å². The van der Waals surface area contributed by atoms with Gasteiger partial charge >= 0.3 is 0 Å². The highest BCUT2D eigenvalue weighted by atomic mass is 32.2. The molecule has 0 radical (unpaired) electrons. The summed E-state index contributed by atoms with van der Waals surface area (Å²) in [5.41, 5.74) is 1.17. The minimum absolute atomic E-state index is 0.605. The molecule has 0 bridgehead atoms. The first kappa shape index (κ1) is 17.0. The van der Waals surface area contributed by atoms with Crippen molar-refractivity contribution in [3.8, 4) is 11.6 Å². The van der Waals surface area contributed by atoms with Crippen LogP contribution in [0.25, 0.3) is 10.2 Å². The highest BCUT2D eigenvalue weighted by Gasteiger charge is 2.16. The van der Waals surface area contributed by atoms with Crippen LogP contribution in [0.1, 0.15) is 16.3 Å². The van der Waals surface area contributed by atoms with E-state index in [1.54, 1.807) is 35.5 Å². The van der Waals surface area contributed by atoms with Crippen LogP contribution in [0.15, 0.2) is 59.8 Å². The summed E-state index contributed by atoms with van der Waals surface area (Å²) in [5.74, 6) is 2.75. The Balaban J connectivity index is 1.70. The Morgan fingerprint density at radius 1 is 1.04 bits per heavy atom. The van der Waals surface area contributed by atoms with E-state index < -0.39 is 0 Å². The summed E-state index contributed by atoms with van der Waals surface area (Å²) in [7, 11) is 0. The molecule has 1 aromatic carbocycles. The van der Waals surface area contributed by atoms with E-state index in [1.165, 1.54) is 15.3 Å². The van der Waals surface area contributed by atoms with Crippen molar-refractivity contribution < 1.29 is 4.74 Å². The Bertz CT molecular complexity index is 1030. The normalized spacial score (nSPS) is 11.0. The lowest BCUT2D eigenvalue weighted by Crippen LogP contribution is -1.97. The Morgan fingerprint density at radius 3 is 2.65 bits per heavy atom. The summed E-state index contributed by atoms with van der Waals surface area (Å²) in [6.07, 6.45) is 3.42. The lowest BCUT2D eigenvalue weighted by molar-refractivity contribution is 0.464. The molecule has 0 atom stereocenters. The zero-order chi connectivity index (χ0) is 17.9. The van der Waals surface area contributed by atoms with Gasteiger partial charge in [-0.2, -0.15) is 4.98 Å². The van der Waals surface area contributed by atoms with E-state index in [-0.39, 0.29) is 0 Å². The second kappa shape index (κ2) is 7.43. The maximum atomic E-state index is 6.06.